The first-order valence-corrected chi connectivity index (χ1v) is 8.63. The van der Waals surface area contributed by atoms with Crippen molar-refractivity contribution in [3.8, 4) is 0 Å². The Morgan fingerprint density at radius 1 is 1.22 bits per heavy atom. The summed E-state index contributed by atoms with van der Waals surface area (Å²) >= 11 is 23.0. The van der Waals surface area contributed by atoms with Crippen LogP contribution in [0.3, 0.4) is 0 Å². The lowest BCUT2D eigenvalue weighted by Gasteiger charge is -2.28. The van der Waals surface area contributed by atoms with Gasteiger partial charge in [-0.3, -0.25) is 4.79 Å². The van der Waals surface area contributed by atoms with Gasteiger partial charge in [0, 0.05) is 12.1 Å². The topological polar surface area (TPSA) is 53.2 Å². The predicted octanol–water partition coefficient (Wildman–Crippen LogP) is 4.14. The Bertz CT molecular complexity index is 561. The molecule has 0 radical (unpaired) electrons. The van der Waals surface area contributed by atoms with E-state index in [2.05, 4.69) is 16.0 Å². The van der Waals surface area contributed by atoms with E-state index in [4.69, 9.17) is 47.0 Å². The van der Waals surface area contributed by atoms with Gasteiger partial charge >= 0.3 is 0 Å². The van der Waals surface area contributed by atoms with E-state index < -0.39 is 9.96 Å². The van der Waals surface area contributed by atoms with Crippen molar-refractivity contribution >= 4 is 63.7 Å². The van der Waals surface area contributed by atoms with Crippen LogP contribution >= 0.6 is 47.0 Å². The molecule has 1 rings (SSSR count). The summed E-state index contributed by atoms with van der Waals surface area (Å²) in [5.41, 5.74) is 1.85. The van der Waals surface area contributed by atoms with Crippen LogP contribution in [0.1, 0.15) is 25.8 Å². The maximum atomic E-state index is 11.9. The van der Waals surface area contributed by atoms with Crippen molar-refractivity contribution in [3.05, 3.63) is 29.8 Å². The van der Waals surface area contributed by atoms with Crippen LogP contribution in [0.15, 0.2) is 24.3 Å². The summed E-state index contributed by atoms with van der Waals surface area (Å²) < 4.78 is -1.75. The van der Waals surface area contributed by atoms with E-state index >= 15 is 0 Å². The SMILES string of the molecule is Cc1ccccc1NC(=S)N[C@@H](NC(=O)CC(C)C)C(Cl)(Cl)Cl. The molecule has 0 saturated carbocycles. The number of halogens is 3. The Kier molecular flexibility index (Phi) is 7.87. The highest BCUT2D eigenvalue weighted by Gasteiger charge is 2.34. The van der Waals surface area contributed by atoms with Crippen LogP contribution in [0.2, 0.25) is 0 Å². The van der Waals surface area contributed by atoms with Crippen molar-refractivity contribution < 1.29 is 4.79 Å². The molecule has 0 aliphatic heterocycles. The van der Waals surface area contributed by atoms with Gasteiger partial charge < -0.3 is 16.0 Å². The lowest BCUT2D eigenvalue weighted by atomic mass is 10.1. The molecule has 0 aliphatic carbocycles. The lowest BCUT2D eigenvalue weighted by Crippen LogP contribution is -2.56. The van der Waals surface area contributed by atoms with Crippen molar-refractivity contribution in [2.75, 3.05) is 5.32 Å². The Balaban J connectivity index is 2.72. The van der Waals surface area contributed by atoms with Gasteiger partial charge in [0.05, 0.1) is 0 Å². The summed E-state index contributed by atoms with van der Waals surface area (Å²) in [6.07, 6.45) is -0.612. The van der Waals surface area contributed by atoms with Crippen LogP contribution in [0.25, 0.3) is 0 Å². The number of benzene rings is 1. The molecule has 0 aromatic heterocycles. The Hall–Kier alpha value is -0.750. The number of para-hydroxylation sites is 1. The molecule has 1 atom stereocenters. The van der Waals surface area contributed by atoms with E-state index in [0.29, 0.717) is 6.42 Å². The average molecular weight is 397 g/mol. The van der Waals surface area contributed by atoms with E-state index in [1.54, 1.807) is 0 Å². The van der Waals surface area contributed by atoms with E-state index in [1.165, 1.54) is 0 Å². The quantitative estimate of drug-likeness (QED) is 0.398. The van der Waals surface area contributed by atoms with Crippen molar-refractivity contribution in [1.29, 1.82) is 0 Å². The van der Waals surface area contributed by atoms with Crippen LogP contribution in [0.4, 0.5) is 5.69 Å². The maximum absolute atomic E-state index is 11.9. The third-order valence-electron chi connectivity index (χ3n) is 2.89. The number of anilines is 1. The third-order valence-corrected chi connectivity index (χ3v) is 3.77. The van der Waals surface area contributed by atoms with Crippen molar-refractivity contribution in [1.82, 2.24) is 10.6 Å². The van der Waals surface area contributed by atoms with Crippen molar-refractivity contribution in [2.45, 2.75) is 37.2 Å². The molecule has 1 aromatic rings. The van der Waals surface area contributed by atoms with Crippen LogP contribution < -0.4 is 16.0 Å². The van der Waals surface area contributed by atoms with Gasteiger partial charge in [0.1, 0.15) is 6.17 Å². The molecule has 0 heterocycles. The molecule has 0 bridgehead atoms. The molecule has 1 amide bonds. The monoisotopic (exact) mass is 395 g/mol. The molecule has 0 unspecified atom stereocenters. The molecule has 4 nitrogen and oxygen atoms in total. The van der Waals surface area contributed by atoms with Gasteiger partial charge in [-0.15, -0.1) is 0 Å². The number of alkyl halides is 3. The second-order valence-electron chi connectivity index (χ2n) is 5.55. The fourth-order valence-corrected chi connectivity index (χ4v) is 2.35. The molecule has 1 aromatic carbocycles. The number of amides is 1. The van der Waals surface area contributed by atoms with Crippen LogP contribution in [-0.2, 0) is 4.79 Å². The predicted molar refractivity (Wildman–Crippen MR) is 102 cm³/mol. The van der Waals surface area contributed by atoms with E-state index in [-0.39, 0.29) is 16.9 Å². The summed E-state index contributed by atoms with van der Waals surface area (Å²) in [6.45, 7) is 5.81. The summed E-state index contributed by atoms with van der Waals surface area (Å²) in [5.74, 6) is -0.0226. The minimum absolute atomic E-state index is 0.197. The van der Waals surface area contributed by atoms with E-state index in [9.17, 15) is 4.79 Å². The Labute approximate surface area is 157 Å². The standard InChI is InChI=1S/C15H20Cl3N3OS/c1-9(2)8-12(22)20-13(15(16,17)18)21-14(23)19-11-7-5-4-6-10(11)3/h4-7,9,13H,8H2,1-3H3,(H,20,22)(H2,19,21,23)/t13-/m1/s1. The van der Waals surface area contributed by atoms with Gasteiger partial charge in [0.2, 0.25) is 9.70 Å². The van der Waals surface area contributed by atoms with Crippen molar-refractivity contribution in [3.63, 3.8) is 0 Å². The summed E-state index contributed by atoms with van der Waals surface area (Å²) in [6, 6.07) is 7.63. The number of nitrogens with one attached hydrogen (secondary N) is 3. The first kappa shape index (κ1) is 20.3. The van der Waals surface area contributed by atoms with Gasteiger partial charge in [-0.25, -0.2) is 0 Å². The minimum Gasteiger partial charge on any atom is -0.339 e. The summed E-state index contributed by atoms with van der Waals surface area (Å²) in [4.78, 5) is 11.9. The van der Waals surface area contributed by atoms with Gasteiger partial charge in [0.15, 0.2) is 5.11 Å². The Morgan fingerprint density at radius 3 is 2.35 bits per heavy atom. The maximum Gasteiger partial charge on any atom is 0.228 e. The molecule has 23 heavy (non-hydrogen) atoms. The van der Waals surface area contributed by atoms with Gasteiger partial charge in [0.25, 0.3) is 0 Å². The number of aryl methyl sites for hydroxylation is 1. The minimum atomic E-state index is -1.75. The molecule has 0 fully saturated rings. The summed E-state index contributed by atoms with van der Waals surface area (Å²) in [5, 5.41) is 8.75. The molecule has 128 valence electrons. The average Bonchev–Trinajstić information content (AvgIpc) is 2.38. The molecule has 3 N–H and O–H groups in total. The third kappa shape index (κ3) is 7.57. The van der Waals surface area contributed by atoms with Crippen LogP contribution in [0, 0.1) is 12.8 Å². The number of hydrogen-bond donors (Lipinski definition) is 3. The Morgan fingerprint density at radius 2 is 1.83 bits per heavy atom. The fourth-order valence-electron chi connectivity index (χ4n) is 1.79. The van der Waals surface area contributed by atoms with E-state index in [0.717, 1.165) is 11.3 Å². The molecular weight excluding hydrogens is 377 g/mol. The number of carbonyl (C=O) groups is 1. The number of thiocarbonyl (C=S) groups is 1. The number of rotatable bonds is 5. The zero-order valence-corrected chi connectivity index (χ0v) is 16.2. The fraction of sp³-hybridized carbons (Fsp3) is 0.467. The zero-order valence-electron chi connectivity index (χ0n) is 13.1. The normalized spacial score (nSPS) is 12.7. The van der Waals surface area contributed by atoms with Gasteiger partial charge in [-0.2, -0.15) is 0 Å². The lowest BCUT2D eigenvalue weighted by molar-refractivity contribution is -0.122. The molecule has 0 aliphatic rings. The molecular formula is C15H20Cl3N3OS. The van der Waals surface area contributed by atoms with Crippen LogP contribution in [-0.4, -0.2) is 21.0 Å². The van der Waals surface area contributed by atoms with Gasteiger partial charge in [-0.05, 0) is 36.7 Å². The highest BCUT2D eigenvalue weighted by molar-refractivity contribution is 7.80. The van der Waals surface area contributed by atoms with Crippen molar-refractivity contribution in [2.24, 2.45) is 5.92 Å². The first-order valence-electron chi connectivity index (χ1n) is 7.09. The smallest absolute Gasteiger partial charge is 0.228 e. The molecule has 8 heteroatoms. The second-order valence-corrected chi connectivity index (χ2v) is 8.33. The zero-order chi connectivity index (χ0) is 17.6. The highest BCUT2D eigenvalue weighted by Crippen LogP contribution is 2.29. The first-order chi connectivity index (χ1) is 10.6. The second kappa shape index (κ2) is 8.92. The van der Waals surface area contributed by atoms with Crippen LogP contribution in [0.5, 0.6) is 0 Å². The molecule has 0 spiro atoms. The summed E-state index contributed by atoms with van der Waals surface area (Å²) in [7, 11) is 0. The highest BCUT2D eigenvalue weighted by atomic mass is 35.6. The number of carbonyl (C=O) groups excluding carboxylic acids is 1. The van der Waals surface area contributed by atoms with Gasteiger partial charge in [-0.1, -0.05) is 66.8 Å². The van der Waals surface area contributed by atoms with E-state index in [1.807, 2.05) is 45.0 Å². The molecule has 0 saturated heterocycles. The largest absolute Gasteiger partial charge is 0.339 e. The number of hydrogen-bond acceptors (Lipinski definition) is 2.